The summed E-state index contributed by atoms with van der Waals surface area (Å²) in [4.78, 5) is 15.7. The van der Waals surface area contributed by atoms with Gasteiger partial charge in [0.1, 0.15) is 0 Å². The SMILES string of the molecule is Cc1[nH]c(=S)sc1CC(=O)NC[C@H](O)C(C)(C)C. The lowest BCUT2D eigenvalue weighted by Gasteiger charge is -2.25. The zero-order chi connectivity index (χ0) is 13.9. The molecule has 4 nitrogen and oxygen atoms in total. The largest absolute Gasteiger partial charge is 0.391 e. The Balaban J connectivity index is 2.48. The minimum Gasteiger partial charge on any atom is -0.391 e. The molecule has 0 unspecified atom stereocenters. The maximum Gasteiger partial charge on any atom is 0.225 e. The fraction of sp³-hybridized carbons (Fsp3) is 0.667. The molecule has 0 saturated carbocycles. The average Bonchev–Trinajstić information content (AvgIpc) is 2.52. The number of hydrogen-bond donors (Lipinski definition) is 3. The lowest BCUT2D eigenvalue weighted by Crippen LogP contribution is -2.39. The van der Waals surface area contributed by atoms with Gasteiger partial charge in [0.25, 0.3) is 0 Å². The number of aryl methyl sites for hydroxylation is 1. The molecule has 0 spiro atoms. The molecule has 0 aliphatic heterocycles. The van der Waals surface area contributed by atoms with Crippen LogP contribution in [0.4, 0.5) is 0 Å². The summed E-state index contributed by atoms with van der Waals surface area (Å²) in [5.74, 6) is -0.0911. The summed E-state index contributed by atoms with van der Waals surface area (Å²) in [6.45, 7) is 7.99. The molecule has 0 aliphatic rings. The van der Waals surface area contributed by atoms with E-state index >= 15 is 0 Å². The van der Waals surface area contributed by atoms with Crippen LogP contribution in [0.1, 0.15) is 31.3 Å². The van der Waals surface area contributed by atoms with Gasteiger partial charge in [-0.15, -0.1) is 11.3 Å². The second-order valence-electron chi connectivity index (χ2n) is 5.43. The highest BCUT2D eigenvalue weighted by molar-refractivity contribution is 7.73. The van der Waals surface area contributed by atoms with Gasteiger partial charge in [0, 0.05) is 17.1 Å². The van der Waals surface area contributed by atoms with Gasteiger partial charge in [-0.2, -0.15) is 0 Å². The number of aromatic amines is 1. The number of carbonyl (C=O) groups excluding carboxylic acids is 1. The van der Waals surface area contributed by atoms with Gasteiger partial charge >= 0.3 is 0 Å². The van der Waals surface area contributed by atoms with Gasteiger partial charge in [0.2, 0.25) is 5.91 Å². The van der Waals surface area contributed by atoms with Gasteiger partial charge in [0.05, 0.1) is 12.5 Å². The van der Waals surface area contributed by atoms with E-state index in [0.717, 1.165) is 10.6 Å². The highest BCUT2D eigenvalue weighted by atomic mass is 32.1. The second-order valence-corrected chi connectivity index (χ2v) is 7.20. The molecule has 0 fully saturated rings. The molecular formula is C12H20N2O2S2. The number of nitrogens with one attached hydrogen (secondary N) is 2. The highest BCUT2D eigenvalue weighted by Crippen LogP contribution is 2.18. The summed E-state index contributed by atoms with van der Waals surface area (Å²) in [6, 6.07) is 0. The van der Waals surface area contributed by atoms with Crippen LogP contribution in [0, 0.1) is 16.3 Å². The number of rotatable bonds is 4. The van der Waals surface area contributed by atoms with E-state index in [9.17, 15) is 9.90 Å². The van der Waals surface area contributed by atoms with Crippen LogP contribution in [0.3, 0.4) is 0 Å². The smallest absolute Gasteiger partial charge is 0.225 e. The third kappa shape index (κ3) is 4.51. The van der Waals surface area contributed by atoms with Crippen LogP contribution in [-0.2, 0) is 11.2 Å². The van der Waals surface area contributed by atoms with Crippen LogP contribution in [0.15, 0.2) is 0 Å². The number of hydrogen-bond acceptors (Lipinski definition) is 4. The standard InChI is InChI=1S/C12H20N2O2S2/c1-7-8(18-11(17)14-7)5-10(16)13-6-9(15)12(2,3)4/h9,15H,5-6H2,1-4H3,(H,13,16)(H,14,17)/t9-/m0/s1. The number of aliphatic hydroxyl groups is 1. The van der Waals surface area contributed by atoms with Crippen LogP contribution in [-0.4, -0.2) is 28.6 Å². The Labute approximate surface area is 116 Å². The van der Waals surface area contributed by atoms with Gasteiger partial charge in [-0.1, -0.05) is 20.8 Å². The molecule has 0 saturated heterocycles. The first-order chi connectivity index (χ1) is 8.20. The quantitative estimate of drug-likeness (QED) is 0.744. The molecule has 0 aromatic carbocycles. The monoisotopic (exact) mass is 288 g/mol. The average molecular weight is 288 g/mol. The molecule has 6 heteroatoms. The fourth-order valence-corrected chi connectivity index (χ4v) is 2.62. The van der Waals surface area contributed by atoms with Gasteiger partial charge in [-0.3, -0.25) is 4.79 Å². The topological polar surface area (TPSA) is 65.1 Å². The number of amides is 1. The molecule has 1 atom stereocenters. The Morgan fingerprint density at radius 1 is 1.56 bits per heavy atom. The van der Waals surface area contributed by atoms with E-state index in [0.29, 0.717) is 10.4 Å². The predicted molar refractivity (Wildman–Crippen MR) is 76.4 cm³/mol. The molecule has 0 bridgehead atoms. The van der Waals surface area contributed by atoms with Crippen LogP contribution in [0.2, 0.25) is 0 Å². The van der Waals surface area contributed by atoms with E-state index in [1.54, 1.807) is 0 Å². The Kier molecular flexibility index (Phi) is 5.07. The van der Waals surface area contributed by atoms with Gasteiger partial charge in [0.15, 0.2) is 3.95 Å². The molecule has 1 rings (SSSR count). The third-order valence-corrected chi connectivity index (χ3v) is 4.07. The van der Waals surface area contributed by atoms with Crippen molar-refractivity contribution in [2.75, 3.05) is 6.54 Å². The summed E-state index contributed by atoms with van der Waals surface area (Å²) in [6.07, 6.45) is -0.243. The summed E-state index contributed by atoms with van der Waals surface area (Å²) < 4.78 is 0.685. The predicted octanol–water partition coefficient (Wildman–Crippen LogP) is 2.18. The van der Waals surface area contributed by atoms with Crippen molar-refractivity contribution in [2.45, 2.75) is 40.2 Å². The first-order valence-electron chi connectivity index (χ1n) is 5.83. The van der Waals surface area contributed by atoms with E-state index in [1.165, 1.54) is 11.3 Å². The molecule has 102 valence electrons. The summed E-state index contributed by atoms with van der Waals surface area (Å²) in [7, 11) is 0. The maximum absolute atomic E-state index is 11.7. The Morgan fingerprint density at radius 2 is 2.17 bits per heavy atom. The zero-order valence-electron chi connectivity index (χ0n) is 11.2. The molecule has 0 aliphatic carbocycles. The van der Waals surface area contributed by atoms with Crippen LogP contribution in [0.25, 0.3) is 0 Å². The second kappa shape index (κ2) is 5.95. The third-order valence-electron chi connectivity index (χ3n) is 2.74. The number of H-pyrrole nitrogens is 1. The van der Waals surface area contributed by atoms with E-state index in [2.05, 4.69) is 10.3 Å². The van der Waals surface area contributed by atoms with Crippen molar-refractivity contribution in [3.05, 3.63) is 14.5 Å². The van der Waals surface area contributed by atoms with E-state index in [4.69, 9.17) is 12.2 Å². The Bertz CT molecular complexity index is 471. The molecule has 1 amide bonds. The lowest BCUT2D eigenvalue weighted by atomic mass is 9.89. The molecule has 18 heavy (non-hydrogen) atoms. The summed E-state index contributed by atoms with van der Waals surface area (Å²) in [5, 5.41) is 12.6. The minimum atomic E-state index is -0.549. The van der Waals surface area contributed by atoms with E-state index < -0.39 is 6.10 Å². The van der Waals surface area contributed by atoms with Crippen LogP contribution >= 0.6 is 23.6 Å². The first-order valence-corrected chi connectivity index (χ1v) is 7.06. The van der Waals surface area contributed by atoms with Crippen molar-refractivity contribution >= 4 is 29.5 Å². The number of aromatic nitrogens is 1. The van der Waals surface area contributed by atoms with Crippen molar-refractivity contribution in [3.63, 3.8) is 0 Å². The van der Waals surface area contributed by atoms with Crippen molar-refractivity contribution in [3.8, 4) is 0 Å². The zero-order valence-corrected chi connectivity index (χ0v) is 12.8. The Hall–Kier alpha value is -0.720. The minimum absolute atomic E-state index is 0.0911. The maximum atomic E-state index is 11.7. The summed E-state index contributed by atoms with van der Waals surface area (Å²) in [5.41, 5.74) is 0.713. The Morgan fingerprint density at radius 3 is 2.61 bits per heavy atom. The lowest BCUT2D eigenvalue weighted by molar-refractivity contribution is -0.121. The van der Waals surface area contributed by atoms with E-state index in [1.807, 2.05) is 27.7 Å². The molecule has 1 aromatic heterocycles. The molecule has 1 heterocycles. The molecular weight excluding hydrogens is 268 g/mol. The number of aliphatic hydroxyl groups excluding tert-OH is 1. The van der Waals surface area contributed by atoms with Gasteiger partial charge in [-0.25, -0.2) is 0 Å². The summed E-state index contributed by atoms with van der Waals surface area (Å²) >= 11 is 6.44. The normalized spacial score (nSPS) is 13.4. The van der Waals surface area contributed by atoms with E-state index in [-0.39, 0.29) is 17.9 Å². The van der Waals surface area contributed by atoms with Crippen molar-refractivity contribution in [1.82, 2.24) is 10.3 Å². The van der Waals surface area contributed by atoms with Crippen LogP contribution < -0.4 is 5.32 Å². The first kappa shape index (κ1) is 15.3. The van der Waals surface area contributed by atoms with Crippen molar-refractivity contribution in [2.24, 2.45) is 5.41 Å². The van der Waals surface area contributed by atoms with Gasteiger partial charge < -0.3 is 15.4 Å². The van der Waals surface area contributed by atoms with Crippen LogP contribution in [0.5, 0.6) is 0 Å². The highest BCUT2D eigenvalue weighted by Gasteiger charge is 2.22. The number of carbonyl (C=O) groups is 1. The fourth-order valence-electron chi connectivity index (χ4n) is 1.33. The van der Waals surface area contributed by atoms with Crippen molar-refractivity contribution < 1.29 is 9.90 Å². The van der Waals surface area contributed by atoms with Gasteiger partial charge in [-0.05, 0) is 24.6 Å². The molecule has 3 N–H and O–H groups in total. The molecule has 1 aromatic rings. The molecule has 0 radical (unpaired) electrons. The van der Waals surface area contributed by atoms with Crippen molar-refractivity contribution in [1.29, 1.82) is 0 Å². The number of thiazole rings is 1.